The zero-order chi connectivity index (χ0) is 68.1. The Morgan fingerprint density at radius 2 is 1.11 bits per heavy atom. The van der Waals surface area contributed by atoms with E-state index in [0.717, 1.165) is 0 Å². The summed E-state index contributed by atoms with van der Waals surface area (Å²) in [5.74, 6) is -4.37. The number of nitrogens with one attached hydrogen (secondary N) is 2. The number of fused-ring (bicyclic) bond motifs is 7. The Morgan fingerprint density at radius 1 is 0.591 bits per heavy atom. The Balaban J connectivity index is 1.48. The lowest BCUT2D eigenvalue weighted by Gasteiger charge is -2.48. The van der Waals surface area contributed by atoms with Crippen molar-refractivity contribution >= 4 is 58.9 Å². The number of nitrogens with zero attached hydrogens (tertiary/aromatic N) is 3. The van der Waals surface area contributed by atoms with Crippen LogP contribution in [0.15, 0.2) is 67.5 Å². The van der Waals surface area contributed by atoms with Gasteiger partial charge in [0.2, 0.25) is 5.91 Å². The number of carbonyl (C=O) groups is 7. The van der Waals surface area contributed by atoms with Crippen molar-refractivity contribution in [2.75, 3.05) is 109 Å². The van der Waals surface area contributed by atoms with Gasteiger partial charge in [-0.2, -0.15) is 0 Å². The largest absolute Gasteiger partial charge is 0.487 e. The fraction of sp³-hybridized carbons (Fsp3) is 0.681. The number of rotatable bonds is 20. The van der Waals surface area contributed by atoms with E-state index in [0.29, 0.717) is 115 Å². The first kappa shape index (κ1) is 73.4. The molecule has 0 radical (unpaired) electrons. The van der Waals surface area contributed by atoms with Crippen molar-refractivity contribution in [3.05, 3.63) is 58.1 Å². The Kier molecular flexibility index (Phi) is 24.8. The van der Waals surface area contributed by atoms with Crippen molar-refractivity contribution in [1.29, 1.82) is 0 Å². The second-order valence-corrected chi connectivity index (χ2v) is 26.5. The normalized spacial score (nSPS) is 31.0. The molecular formula is C69H99N5O19. The lowest BCUT2D eigenvalue weighted by Crippen LogP contribution is -2.55. The summed E-state index contributed by atoms with van der Waals surface area (Å²) in [5, 5.41) is 7.08. The van der Waals surface area contributed by atoms with Crippen molar-refractivity contribution in [1.82, 2.24) is 10.6 Å². The van der Waals surface area contributed by atoms with Gasteiger partial charge in [0, 0.05) is 118 Å². The zero-order valence-electron chi connectivity index (χ0n) is 57.3. The zero-order valence-corrected chi connectivity index (χ0v) is 57.3. The molecule has 1 unspecified atom stereocenters. The highest BCUT2D eigenvalue weighted by atomic mass is 16.6. The topological polar surface area (TPSA) is 291 Å². The standard InChI is InChI=1S/C69H99N5O19/c1-42-59-45(17-20-53(76)82-10)64(3,4)50(71-59)38-51-66(6,25-23-56(79)85-13)68(8,39-52(75)70-41-44-16-19-48-49(36-44)93-35-33-91-31-29-89-27-26-88-28-30-90-32-34-92-48)62(72-51)43(2)60-46(18-21-54(77)83-11)67(7,40-58(81)87-15)69(9,74-60)63-47(37-57(80)86-14)65(5,61(42)73-63)24-22-55(78)84-12/h16,19,36,38,45-47,63,72H,17-18,20-35,37,39-41H2,1-15H3,(H,70,75)/b51-38-,59-42-,62-43-/t45-,46-,47+,63?,65-,66-,67+,68-,69-/m1/s1. The molecule has 6 heterocycles. The molecule has 8 bridgehead atoms. The van der Waals surface area contributed by atoms with Crippen LogP contribution in [0.4, 0.5) is 0 Å². The van der Waals surface area contributed by atoms with Crippen LogP contribution in [-0.2, 0) is 87.5 Å². The van der Waals surface area contributed by atoms with Crippen LogP contribution in [0.1, 0.15) is 139 Å². The number of allylic oxidation sites excluding steroid dienone is 6. The molecule has 1 fully saturated rings. The molecule has 9 atom stereocenters. The number of methoxy groups -OCH3 is 6. The average molecular weight is 1300 g/mol. The summed E-state index contributed by atoms with van der Waals surface area (Å²) in [6.07, 6.45) is 1.98. The van der Waals surface area contributed by atoms with Crippen LogP contribution in [0.25, 0.3) is 0 Å². The van der Waals surface area contributed by atoms with Crippen LogP contribution in [0.5, 0.6) is 11.5 Å². The van der Waals surface area contributed by atoms with Crippen LogP contribution in [-0.4, -0.2) is 179 Å². The molecule has 6 aliphatic heterocycles. The first-order valence-corrected chi connectivity index (χ1v) is 32.2. The third kappa shape index (κ3) is 15.7. The van der Waals surface area contributed by atoms with Gasteiger partial charge in [0.05, 0.1) is 120 Å². The first-order chi connectivity index (χ1) is 44.2. The SMILES string of the molecule is COC(=O)CC[C@@H]1/C2=C(\C)C3=NC([C@H](CC(=O)OC)[C@@]3(C)CCC(=O)OC)[C@@]3(C)N=C(/C(C)=C4\N/C(=C\C(=N2)C1(C)C)[C@@](C)(CCC(=O)OC)[C@]4(C)CC(=O)NCc1ccc2c(c1)OCCOCCOCCOCCOCCO2)[C@@H](CCC(=O)OC)[C@]3(C)CC(=O)OC. The van der Waals surface area contributed by atoms with Gasteiger partial charge in [-0.05, 0) is 81.4 Å². The van der Waals surface area contributed by atoms with Gasteiger partial charge in [-0.15, -0.1) is 0 Å². The third-order valence-electron chi connectivity index (χ3n) is 21.0. The van der Waals surface area contributed by atoms with E-state index >= 15 is 4.79 Å². The van der Waals surface area contributed by atoms with Crippen molar-refractivity contribution < 1.29 is 90.4 Å². The summed E-state index contributed by atoms with van der Waals surface area (Å²) in [5.41, 5.74) is -1.55. The summed E-state index contributed by atoms with van der Waals surface area (Å²) in [6.45, 7) is 21.3. The summed E-state index contributed by atoms with van der Waals surface area (Å²) < 4.78 is 67.2. The minimum Gasteiger partial charge on any atom is -0.487 e. The predicted octanol–water partition coefficient (Wildman–Crippen LogP) is 7.91. The second kappa shape index (κ2) is 31.5. The van der Waals surface area contributed by atoms with Crippen molar-refractivity contribution in [2.45, 2.75) is 151 Å². The molecule has 0 aromatic heterocycles. The quantitative estimate of drug-likeness (QED) is 0.0925. The number of hydrogen-bond acceptors (Lipinski definition) is 23. The van der Waals surface area contributed by atoms with Gasteiger partial charge < -0.3 is 67.5 Å². The highest BCUT2D eigenvalue weighted by molar-refractivity contribution is 6.10. The van der Waals surface area contributed by atoms with Gasteiger partial charge >= 0.3 is 35.8 Å². The van der Waals surface area contributed by atoms with Crippen LogP contribution in [0.2, 0.25) is 0 Å². The third-order valence-corrected chi connectivity index (χ3v) is 21.0. The lowest BCUT2D eigenvalue weighted by atomic mass is 9.55. The molecule has 1 aromatic carbocycles. The maximum Gasteiger partial charge on any atom is 0.306 e. The molecule has 514 valence electrons. The van der Waals surface area contributed by atoms with Gasteiger partial charge in [0.15, 0.2) is 11.5 Å². The van der Waals surface area contributed by atoms with Crippen molar-refractivity contribution in [3.63, 3.8) is 0 Å². The van der Waals surface area contributed by atoms with Gasteiger partial charge in [0.1, 0.15) is 13.2 Å². The molecule has 1 aromatic rings. The number of esters is 6. The molecule has 0 spiro atoms. The summed E-state index contributed by atoms with van der Waals surface area (Å²) >= 11 is 0. The predicted molar refractivity (Wildman–Crippen MR) is 343 cm³/mol. The minimum atomic E-state index is -1.44. The van der Waals surface area contributed by atoms with E-state index in [2.05, 4.69) is 24.5 Å². The number of aliphatic imine (C=N–C) groups is 3. The maximum atomic E-state index is 15.4. The molecule has 24 heteroatoms. The van der Waals surface area contributed by atoms with Gasteiger partial charge in [-0.3, -0.25) is 48.5 Å². The van der Waals surface area contributed by atoms with Crippen molar-refractivity contribution in [3.8, 4) is 11.5 Å². The van der Waals surface area contributed by atoms with Crippen LogP contribution in [0, 0.1) is 44.8 Å². The van der Waals surface area contributed by atoms with Gasteiger partial charge in [0.25, 0.3) is 0 Å². The van der Waals surface area contributed by atoms with Crippen molar-refractivity contribution in [2.24, 2.45) is 59.8 Å². The monoisotopic (exact) mass is 1300 g/mol. The number of amides is 1. The summed E-state index contributed by atoms with van der Waals surface area (Å²) in [7, 11) is 7.91. The molecule has 7 rings (SSSR count). The van der Waals surface area contributed by atoms with E-state index in [-0.39, 0.29) is 96.5 Å². The van der Waals surface area contributed by atoms with E-state index in [9.17, 15) is 28.8 Å². The summed E-state index contributed by atoms with van der Waals surface area (Å²) in [6, 6.07) is 4.50. The number of hydrogen-bond donors (Lipinski definition) is 2. The highest BCUT2D eigenvalue weighted by Crippen LogP contribution is 2.64. The molecule has 0 aliphatic carbocycles. The molecule has 24 nitrogen and oxygen atoms in total. The maximum absolute atomic E-state index is 15.4. The Morgan fingerprint density at radius 3 is 1.67 bits per heavy atom. The first-order valence-electron chi connectivity index (χ1n) is 32.2. The Hall–Kier alpha value is -7.02. The van der Waals surface area contributed by atoms with Crippen LogP contribution >= 0.6 is 0 Å². The molecule has 1 amide bonds. The molecule has 0 saturated carbocycles. The fourth-order valence-electron chi connectivity index (χ4n) is 14.8. The van der Waals surface area contributed by atoms with E-state index in [4.69, 9.17) is 71.8 Å². The average Bonchev–Trinajstić information content (AvgIpc) is 1.53. The second-order valence-electron chi connectivity index (χ2n) is 26.5. The van der Waals surface area contributed by atoms with E-state index < -0.39 is 92.2 Å². The van der Waals surface area contributed by atoms with Gasteiger partial charge in [-0.25, -0.2) is 0 Å². The molecule has 93 heavy (non-hydrogen) atoms. The highest BCUT2D eigenvalue weighted by Gasteiger charge is 2.67. The molecule has 2 N–H and O–H groups in total. The summed E-state index contributed by atoms with van der Waals surface area (Å²) in [4.78, 5) is 115. The van der Waals surface area contributed by atoms with E-state index in [1.807, 2.05) is 66.7 Å². The Bertz CT molecular complexity index is 3150. The Labute approximate surface area is 547 Å². The number of carbonyl (C=O) groups excluding carboxylic acids is 7. The molecule has 1 saturated heterocycles. The van der Waals surface area contributed by atoms with Crippen LogP contribution in [0.3, 0.4) is 0 Å². The number of ether oxygens (including phenoxy) is 12. The van der Waals surface area contributed by atoms with E-state index in [1.54, 1.807) is 6.07 Å². The van der Waals surface area contributed by atoms with E-state index in [1.165, 1.54) is 42.7 Å². The molecule has 6 aliphatic rings. The molecular weight excluding hydrogens is 1200 g/mol. The lowest BCUT2D eigenvalue weighted by molar-refractivity contribution is -0.147. The minimum absolute atomic E-state index is 0.0343. The smallest absolute Gasteiger partial charge is 0.306 e. The number of benzene rings is 1. The fourth-order valence-corrected chi connectivity index (χ4v) is 14.8. The van der Waals surface area contributed by atoms with Gasteiger partial charge in [-0.1, -0.05) is 47.6 Å². The van der Waals surface area contributed by atoms with Crippen LogP contribution < -0.4 is 20.1 Å².